The normalized spacial score (nSPS) is 12.9. The van der Waals surface area contributed by atoms with Crippen LogP contribution >= 0.6 is 22.7 Å². The van der Waals surface area contributed by atoms with Gasteiger partial charge in [-0.2, -0.15) is 0 Å². The molecule has 2 aromatic heterocycles. The number of nitrogens with two attached hydrogens (primary N) is 1. The number of hydrogen-bond acceptors (Lipinski definition) is 5. The van der Waals surface area contributed by atoms with Crippen LogP contribution in [0.3, 0.4) is 0 Å². The van der Waals surface area contributed by atoms with Crippen LogP contribution < -0.4 is 11.1 Å². The Kier molecular flexibility index (Phi) is 4.50. The molecule has 0 aliphatic carbocycles. The maximum atomic E-state index is 5.80. The minimum atomic E-state index is 0.0337. The number of rotatable bonds is 5. The molecule has 0 fully saturated rings. The number of hydrogen-bond donors (Lipinski definition) is 2. The van der Waals surface area contributed by atoms with Crippen LogP contribution in [0.1, 0.15) is 39.0 Å². The Morgan fingerprint density at radius 1 is 1.39 bits per heavy atom. The zero-order chi connectivity index (χ0) is 13.1. The molecule has 5 heteroatoms. The van der Waals surface area contributed by atoms with Crippen LogP contribution in [0.5, 0.6) is 0 Å². The van der Waals surface area contributed by atoms with Crippen molar-refractivity contribution in [1.82, 2.24) is 10.3 Å². The average Bonchev–Trinajstić information content (AvgIpc) is 2.88. The van der Waals surface area contributed by atoms with Crippen LogP contribution in [0.2, 0.25) is 0 Å². The van der Waals surface area contributed by atoms with Crippen LogP contribution in [-0.4, -0.2) is 4.98 Å². The summed E-state index contributed by atoms with van der Waals surface area (Å²) < 4.78 is 0. The van der Waals surface area contributed by atoms with Crippen molar-refractivity contribution in [3.8, 4) is 0 Å². The lowest BCUT2D eigenvalue weighted by molar-refractivity contribution is 0.683. The van der Waals surface area contributed by atoms with Crippen molar-refractivity contribution >= 4 is 22.7 Å². The number of aryl methyl sites for hydroxylation is 2. The molecule has 98 valence electrons. The highest BCUT2D eigenvalue weighted by Crippen LogP contribution is 2.20. The fourth-order valence-electron chi connectivity index (χ4n) is 1.66. The topological polar surface area (TPSA) is 50.9 Å². The Bertz CT molecular complexity index is 495. The SMILES string of the molecule is Cc1cc(CNCc2csc(C(C)N)n2)sc1C. The van der Waals surface area contributed by atoms with Crippen LogP contribution in [-0.2, 0) is 13.1 Å². The molecular formula is C13H19N3S2. The zero-order valence-electron chi connectivity index (χ0n) is 11.0. The average molecular weight is 281 g/mol. The van der Waals surface area contributed by atoms with Gasteiger partial charge < -0.3 is 11.1 Å². The summed E-state index contributed by atoms with van der Waals surface area (Å²) in [5.41, 5.74) is 8.26. The highest BCUT2D eigenvalue weighted by atomic mass is 32.1. The van der Waals surface area contributed by atoms with Crippen LogP contribution in [0.15, 0.2) is 11.4 Å². The van der Waals surface area contributed by atoms with Gasteiger partial charge in [-0.05, 0) is 32.4 Å². The predicted octanol–water partition coefficient (Wildman–Crippen LogP) is 3.13. The van der Waals surface area contributed by atoms with Gasteiger partial charge in [0.1, 0.15) is 5.01 Å². The summed E-state index contributed by atoms with van der Waals surface area (Å²) in [6.45, 7) is 8.00. The van der Waals surface area contributed by atoms with Gasteiger partial charge in [-0.3, -0.25) is 0 Å². The van der Waals surface area contributed by atoms with Gasteiger partial charge in [-0.25, -0.2) is 4.98 Å². The summed E-state index contributed by atoms with van der Waals surface area (Å²) in [4.78, 5) is 7.28. The smallest absolute Gasteiger partial charge is 0.109 e. The number of nitrogens with one attached hydrogen (secondary N) is 1. The number of thiophene rings is 1. The molecule has 0 bridgehead atoms. The molecule has 18 heavy (non-hydrogen) atoms. The Balaban J connectivity index is 1.84. The molecule has 2 rings (SSSR count). The third kappa shape index (κ3) is 3.38. The molecule has 0 aliphatic rings. The summed E-state index contributed by atoms with van der Waals surface area (Å²) in [6.07, 6.45) is 0. The molecule has 0 saturated heterocycles. The minimum absolute atomic E-state index is 0.0337. The Morgan fingerprint density at radius 3 is 2.72 bits per heavy atom. The lowest BCUT2D eigenvalue weighted by Crippen LogP contribution is -2.12. The molecule has 1 atom stereocenters. The quantitative estimate of drug-likeness (QED) is 0.885. The minimum Gasteiger partial charge on any atom is -0.322 e. The summed E-state index contributed by atoms with van der Waals surface area (Å²) >= 11 is 3.50. The lowest BCUT2D eigenvalue weighted by Gasteiger charge is -2.00. The van der Waals surface area contributed by atoms with Gasteiger partial charge in [0.25, 0.3) is 0 Å². The van der Waals surface area contributed by atoms with Crippen molar-refractivity contribution in [3.05, 3.63) is 37.5 Å². The highest BCUT2D eigenvalue weighted by molar-refractivity contribution is 7.12. The van der Waals surface area contributed by atoms with Crippen molar-refractivity contribution < 1.29 is 0 Å². The van der Waals surface area contributed by atoms with Crippen LogP contribution in [0, 0.1) is 13.8 Å². The molecule has 0 amide bonds. The molecule has 3 N–H and O–H groups in total. The molecule has 3 nitrogen and oxygen atoms in total. The van der Waals surface area contributed by atoms with Crippen molar-refractivity contribution in [2.24, 2.45) is 5.73 Å². The van der Waals surface area contributed by atoms with Crippen molar-refractivity contribution in [2.45, 2.75) is 39.9 Å². The lowest BCUT2D eigenvalue weighted by atomic mass is 10.3. The van der Waals surface area contributed by atoms with Gasteiger partial charge in [0, 0.05) is 28.2 Å². The van der Waals surface area contributed by atoms with Gasteiger partial charge in [-0.1, -0.05) is 0 Å². The van der Waals surface area contributed by atoms with E-state index in [0.29, 0.717) is 0 Å². The first-order chi connectivity index (χ1) is 8.56. The predicted molar refractivity (Wildman–Crippen MR) is 79.1 cm³/mol. The molecule has 0 aliphatic heterocycles. The van der Waals surface area contributed by atoms with E-state index in [2.05, 4.69) is 35.6 Å². The summed E-state index contributed by atoms with van der Waals surface area (Å²) in [5.74, 6) is 0. The van der Waals surface area contributed by atoms with E-state index in [4.69, 9.17) is 5.73 Å². The van der Waals surface area contributed by atoms with Crippen LogP contribution in [0.4, 0.5) is 0 Å². The van der Waals surface area contributed by atoms with E-state index >= 15 is 0 Å². The fraction of sp³-hybridized carbons (Fsp3) is 0.462. The maximum absolute atomic E-state index is 5.80. The molecular weight excluding hydrogens is 262 g/mol. The van der Waals surface area contributed by atoms with E-state index in [9.17, 15) is 0 Å². The molecule has 2 heterocycles. The monoisotopic (exact) mass is 281 g/mol. The standard InChI is InChI=1S/C13H19N3S2/c1-8-4-12(18-10(8)3)6-15-5-11-7-17-13(16-11)9(2)14/h4,7,9,15H,5-6,14H2,1-3H3. The van der Waals surface area contributed by atoms with Crippen molar-refractivity contribution in [1.29, 1.82) is 0 Å². The molecule has 0 radical (unpaired) electrons. The second-order valence-corrected chi connectivity index (χ2v) is 6.75. The summed E-state index contributed by atoms with van der Waals surface area (Å²) in [5, 5.41) is 6.51. The highest BCUT2D eigenvalue weighted by Gasteiger charge is 2.06. The van der Waals surface area contributed by atoms with Gasteiger partial charge in [0.2, 0.25) is 0 Å². The van der Waals surface area contributed by atoms with E-state index in [0.717, 1.165) is 23.8 Å². The second-order valence-electron chi connectivity index (χ2n) is 4.52. The number of nitrogens with zero attached hydrogens (tertiary/aromatic N) is 1. The fourth-order valence-corrected chi connectivity index (χ4v) is 3.46. The zero-order valence-corrected chi connectivity index (χ0v) is 12.6. The molecule has 2 aromatic rings. The maximum Gasteiger partial charge on any atom is 0.109 e. The molecule has 0 saturated carbocycles. The molecule has 1 unspecified atom stereocenters. The molecule has 0 spiro atoms. The van der Waals surface area contributed by atoms with Gasteiger partial charge in [-0.15, -0.1) is 22.7 Å². The van der Waals surface area contributed by atoms with E-state index in [1.807, 2.05) is 18.3 Å². The van der Waals surface area contributed by atoms with Crippen molar-refractivity contribution in [2.75, 3.05) is 0 Å². The van der Waals surface area contributed by atoms with Crippen LogP contribution in [0.25, 0.3) is 0 Å². The number of thiazole rings is 1. The second kappa shape index (κ2) is 5.93. The van der Waals surface area contributed by atoms with E-state index in [-0.39, 0.29) is 6.04 Å². The number of aromatic nitrogens is 1. The van der Waals surface area contributed by atoms with E-state index in [1.165, 1.54) is 15.3 Å². The Hall–Kier alpha value is -0.750. The molecule has 0 aromatic carbocycles. The third-order valence-corrected chi connectivity index (χ3v) is 5.03. The van der Waals surface area contributed by atoms with Gasteiger partial charge >= 0.3 is 0 Å². The largest absolute Gasteiger partial charge is 0.322 e. The van der Waals surface area contributed by atoms with Gasteiger partial charge in [0.15, 0.2) is 0 Å². The van der Waals surface area contributed by atoms with E-state index < -0.39 is 0 Å². The Labute approximate surface area is 116 Å². The van der Waals surface area contributed by atoms with Crippen molar-refractivity contribution in [3.63, 3.8) is 0 Å². The third-order valence-electron chi connectivity index (χ3n) is 2.78. The van der Waals surface area contributed by atoms with Gasteiger partial charge in [0.05, 0.1) is 11.7 Å². The first-order valence-electron chi connectivity index (χ1n) is 6.02. The summed E-state index contributed by atoms with van der Waals surface area (Å²) in [6, 6.07) is 2.29. The first-order valence-corrected chi connectivity index (χ1v) is 7.72. The van der Waals surface area contributed by atoms with E-state index in [1.54, 1.807) is 11.3 Å². The first kappa shape index (κ1) is 13.7. The summed E-state index contributed by atoms with van der Waals surface area (Å²) in [7, 11) is 0. The Morgan fingerprint density at radius 2 is 2.17 bits per heavy atom.